The third-order valence-electron chi connectivity index (χ3n) is 2.85. The molecule has 1 fully saturated rings. The van der Waals surface area contributed by atoms with Crippen molar-refractivity contribution in [1.82, 2.24) is 9.97 Å². The molecule has 2 heterocycles. The Morgan fingerprint density at radius 1 is 1.47 bits per heavy atom. The minimum atomic E-state index is -4.70. The van der Waals surface area contributed by atoms with E-state index in [1.54, 1.807) is 0 Å². The van der Waals surface area contributed by atoms with E-state index in [4.69, 9.17) is 16.7 Å². The Morgan fingerprint density at radius 3 is 2.74 bits per heavy atom. The summed E-state index contributed by atoms with van der Waals surface area (Å²) in [7, 11) is 0. The molecule has 5 nitrogen and oxygen atoms in total. The van der Waals surface area contributed by atoms with E-state index < -0.39 is 28.9 Å². The summed E-state index contributed by atoms with van der Waals surface area (Å²) in [6.45, 7) is 0.297. The van der Waals surface area contributed by atoms with Crippen LogP contribution in [0.5, 0.6) is 0 Å². The molecule has 0 radical (unpaired) electrons. The lowest BCUT2D eigenvalue weighted by Crippen LogP contribution is -2.37. The molecule has 2 rings (SSSR count). The van der Waals surface area contributed by atoms with Gasteiger partial charge in [0.1, 0.15) is 17.4 Å². The zero-order valence-electron chi connectivity index (χ0n) is 9.48. The summed E-state index contributed by atoms with van der Waals surface area (Å²) in [4.78, 5) is 19.1. The van der Waals surface area contributed by atoms with Crippen molar-refractivity contribution in [2.75, 3.05) is 11.4 Å². The summed E-state index contributed by atoms with van der Waals surface area (Å²) in [6.07, 6.45) is -3.07. The Hall–Kier alpha value is -1.57. The van der Waals surface area contributed by atoms with Crippen molar-refractivity contribution in [2.45, 2.75) is 25.1 Å². The molecule has 104 valence electrons. The Kier molecular flexibility index (Phi) is 3.53. The minimum absolute atomic E-state index is 0.186. The molecule has 19 heavy (non-hydrogen) atoms. The Balaban J connectivity index is 2.43. The number of aromatic nitrogens is 2. The number of carbonyl (C=O) groups is 1. The highest BCUT2D eigenvalue weighted by Crippen LogP contribution is 2.38. The molecule has 0 amide bonds. The number of hydrogen-bond acceptors (Lipinski definition) is 4. The summed E-state index contributed by atoms with van der Waals surface area (Å²) < 4.78 is 38.0. The molecule has 0 spiro atoms. The maximum Gasteiger partial charge on any atom is 0.435 e. The smallest absolute Gasteiger partial charge is 0.435 e. The summed E-state index contributed by atoms with van der Waals surface area (Å²) in [5.74, 6) is -1.30. The van der Waals surface area contributed by atoms with Crippen LogP contribution < -0.4 is 4.90 Å². The molecule has 1 aliphatic heterocycles. The molecule has 1 aromatic rings. The fourth-order valence-electron chi connectivity index (χ4n) is 2.04. The normalized spacial score (nSPS) is 19.8. The summed E-state index contributed by atoms with van der Waals surface area (Å²) in [6, 6.07) is -0.909. The average molecular weight is 296 g/mol. The van der Waals surface area contributed by atoms with Gasteiger partial charge in [-0.15, -0.1) is 0 Å². The van der Waals surface area contributed by atoms with Crippen LogP contribution in [0, 0.1) is 0 Å². The maximum atomic E-state index is 12.7. The number of carboxylic acid groups (broad SMARTS) is 1. The number of halogens is 4. The second-order valence-electron chi connectivity index (χ2n) is 4.05. The number of carboxylic acids is 1. The lowest BCUT2D eigenvalue weighted by atomic mass is 10.2. The summed E-state index contributed by atoms with van der Waals surface area (Å²) >= 11 is 5.66. The number of hydrogen-bond donors (Lipinski definition) is 1. The molecule has 1 atom stereocenters. The number of aliphatic carboxylic acids is 1. The highest BCUT2D eigenvalue weighted by Gasteiger charge is 2.39. The first-order chi connectivity index (χ1) is 8.82. The second kappa shape index (κ2) is 4.84. The van der Waals surface area contributed by atoms with Crippen LogP contribution in [0.25, 0.3) is 0 Å². The van der Waals surface area contributed by atoms with Gasteiger partial charge in [-0.2, -0.15) is 13.2 Å². The molecular weight excluding hydrogens is 287 g/mol. The molecular formula is C10H9ClF3N3O2. The van der Waals surface area contributed by atoms with E-state index in [-0.39, 0.29) is 5.82 Å². The lowest BCUT2D eigenvalue weighted by molar-refractivity contribution is -0.141. The molecule has 1 saturated heterocycles. The average Bonchev–Trinajstić information content (AvgIpc) is 2.76. The fraction of sp³-hybridized carbons (Fsp3) is 0.500. The van der Waals surface area contributed by atoms with Gasteiger partial charge in [0.05, 0.1) is 0 Å². The molecule has 1 unspecified atom stereocenters. The summed E-state index contributed by atoms with van der Waals surface area (Å²) in [5.41, 5.74) is -1.25. The van der Waals surface area contributed by atoms with Crippen molar-refractivity contribution < 1.29 is 23.1 Å². The van der Waals surface area contributed by atoms with E-state index in [2.05, 4.69) is 9.97 Å². The van der Waals surface area contributed by atoms with Crippen LogP contribution in [0.3, 0.4) is 0 Å². The first-order valence-electron chi connectivity index (χ1n) is 5.39. The quantitative estimate of drug-likeness (QED) is 0.906. The standard InChI is InChI=1S/C10H9ClF3N3O2/c11-6-7(10(12,13)14)15-4-16-8(6)17-3-1-2-5(17)9(18)19/h4-5H,1-3H2,(H,18,19). The van der Waals surface area contributed by atoms with Gasteiger partial charge >= 0.3 is 12.1 Å². The van der Waals surface area contributed by atoms with Crippen LogP contribution in [-0.4, -0.2) is 33.6 Å². The zero-order chi connectivity index (χ0) is 14.2. The Morgan fingerprint density at radius 2 is 2.16 bits per heavy atom. The van der Waals surface area contributed by atoms with Gasteiger partial charge in [-0.3, -0.25) is 0 Å². The molecule has 0 aliphatic carbocycles. The molecule has 0 bridgehead atoms. The highest BCUT2D eigenvalue weighted by molar-refractivity contribution is 6.33. The Labute approximate surface area is 111 Å². The van der Waals surface area contributed by atoms with Gasteiger partial charge in [0, 0.05) is 6.54 Å². The van der Waals surface area contributed by atoms with Crippen LogP contribution >= 0.6 is 11.6 Å². The first kappa shape index (κ1) is 13.9. The molecule has 9 heteroatoms. The topological polar surface area (TPSA) is 66.3 Å². The fourth-order valence-corrected chi connectivity index (χ4v) is 2.35. The van der Waals surface area contributed by atoms with Crippen molar-refractivity contribution >= 4 is 23.4 Å². The maximum absolute atomic E-state index is 12.7. The monoisotopic (exact) mass is 295 g/mol. The number of nitrogens with zero attached hydrogens (tertiary/aromatic N) is 3. The van der Waals surface area contributed by atoms with Gasteiger partial charge in [-0.25, -0.2) is 14.8 Å². The zero-order valence-corrected chi connectivity index (χ0v) is 10.2. The van der Waals surface area contributed by atoms with Gasteiger partial charge in [0.15, 0.2) is 11.5 Å². The van der Waals surface area contributed by atoms with Crippen molar-refractivity contribution in [1.29, 1.82) is 0 Å². The number of rotatable bonds is 2. The SMILES string of the molecule is O=C(O)C1CCCN1c1ncnc(C(F)(F)F)c1Cl. The Bertz CT molecular complexity index is 509. The van der Waals surface area contributed by atoms with Crippen molar-refractivity contribution in [3.05, 3.63) is 17.0 Å². The molecule has 1 N–H and O–H groups in total. The summed E-state index contributed by atoms with van der Waals surface area (Å²) in [5, 5.41) is 8.35. The largest absolute Gasteiger partial charge is 0.480 e. The predicted molar refractivity (Wildman–Crippen MR) is 60.0 cm³/mol. The number of alkyl halides is 3. The van der Waals surface area contributed by atoms with Gasteiger partial charge in [0.2, 0.25) is 0 Å². The second-order valence-corrected chi connectivity index (χ2v) is 4.43. The molecule has 1 aliphatic rings. The van der Waals surface area contributed by atoms with E-state index in [0.29, 0.717) is 19.4 Å². The number of anilines is 1. The van der Waals surface area contributed by atoms with Crippen LogP contribution in [-0.2, 0) is 11.0 Å². The van der Waals surface area contributed by atoms with Crippen LogP contribution in [0.1, 0.15) is 18.5 Å². The van der Waals surface area contributed by atoms with E-state index in [1.165, 1.54) is 4.90 Å². The van der Waals surface area contributed by atoms with Crippen molar-refractivity contribution in [3.63, 3.8) is 0 Å². The molecule has 0 saturated carbocycles. The van der Waals surface area contributed by atoms with Crippen molar-refractivity contribution in [3.8, 4) is 0 Å². The van der Waals surface area contributed by atoms with Gasteiger partial charge < -0.3 is 10.0 Å². The van der Waals surface area contributed by atoms with E-state index in [9.17, 15) is 18.0 Å². The van der Waals surface area contributed by atoms with E-state index in [1.807, 2.05) is 0 Å². The van der Waals surface area contributed by atoms with Crippen LogP contribution in [0.2, 0.25) is 5.02 Å². The first-order valence-corrected chi connectivity index (χ1v) is 5.77. The minimum Gasteiger partial charge on any atom is -0.480 e. The lowest BCUT2D eigenvalue weighted by Gasteiger charge is -2.24. The van der Waals surface area contributed by atoms with Crippen molar-refractivity contribution in [2.24, 2.45) is 0 Å². The molecule has 1 aromatic heterocycles. The van der Waals surface area contributed by atoms with Gasteiger partial charge in [-0.05, 0) is 12.8 Å². The van der Waals surface area contributed by atoms with Gasteiger partial charge in [0.25, 0.3) is 0 Å². The van der Waals surface area contributed by atoms with Crippen LogP contribution in [0.15, 0.2) is 6.33 Å². The van der Waals surface area contributed by atoms with Gasteiger partial charge in [-0.1, -0.05) is 11.6 Å². The third kappa shape index (κ3) is 2.58. The van der Waals surface area contributed by atoms with Crippen LogP contribution in [0.4, 0.5) is 19.0 Å². The highest BCUT2D eigenvalue weighted by atomic mass is 35.5. The third-order valence-corrected chi connectivity index (χ3v) is 3.20. The van der Waals surface area contributed by atoms with E-state index >= 15 is 0 Å². The molecule has 0 aromatic carbocycles. The van der Waals surface area contributed by atoms with E-state index in [0.717, 1.165) is 6.33 Å². The predicted octanol–water partition coefficient (Wildman–Crippen LogP) is 2.20.